The van der Waals surface area contributed by atoms with Gasteiger partial charge in [0.2, 0.25) is 11.8 Å². The second-order valence-electron chi connectivity index (χ2n) is 6.70. The summed E-state index contributed by atoms with van der Waals surface area (Å²) >= 11 is 1.17. The largest absolute Gasteiger partial charge is 0.326 e. The molecule has 1 aromatic carbocycles. The number of anilines is 1. The summed E-state index contributed by atoms with van der Waals surface area (Å²) < 4.78 is 12.9. The zero-order valence-corrected chi connectivity index (χ0v) is 15.4. The molecular weight excluding hydrogens is 343 g/mol. The Morgan fingerprint density at radius 1 is 1.32 bits per heavy atom. The monoisotopic (exact) mass is 364 g/mol. The van der Waals surface area contributed by atoms with Crippen molar-refractivity contribution >= 4 is 40.1 Å². The van der Waals surface area contributed by atoms with Crippen LogP contribution in [0.5, 0.6) is 0 Å². The predicted octanol–water partition coefficient (Wildman–Crippen LogP) is 3.16. The molecule has 1 unspecified atom stereocenters. The molecule has 0 radical (unpaired) electrons. The Hall–Kier alpha value is -2.22. The van der Waals surface area contributed by atoms with Crippen LogP contribution in [0.15, 0.2) is 34.5 Å². The van der Waals surface area contributed by atoms with E-state index in [1.54, 1.807) is 0 Å². The first-order valence-corrected chi connectivity index (χ1v) is 8.69. The molecule has 1 atom stereocenters. The number of nitrogens with one attached hydrogen (secondary N) is 2. The van der Waals surface area contributed by atoms with E-state index in [2.05, 4.69) is 20.8 Å². The summed E-state index contributed by atoms with van der Waals surface area (Å²) in [7, 11) is 0. The van der Waals surface area contributed by atoms with Gasteiger partial charge in [-0.15, -0.1) is 5.10 Å². The standard InChI is InChI=1S/C17H21FN4O2S/c1-10(17(2,3)4)21-22-16-20-15(24)13(25-16)9-14(23)19-12-7-5-11(18)6-8-12/h5-8,13H,9H2,1-4H3,(H,19,23)(H,20,22,24)/b21-10-. The van der Waals surface area contributed by atoms with Crippen molar-refractivity contribution in [1.29, 1.82) is 0 Å². The van der Waals surface area contributed by atoms with Crippen molar-refractivity contribution in [2.75, 3.05) is 5.32 Å². The van der Waals surface area contributed by atoms with E-state index in [1.807, 2.05) is 27.7 Å². The maximum absolute atomic E-state index is 12.9. The summed E-state index contributed by atoms with van der Waals surface area (Å²) in [6.45, 7) is 7.94. The highest BCUT2D eigenvalue weighted by molar-refractivity contribution is 8.15. The molecule has 25 heavy (non-hydrogen) atoms. The fourth-order valence-electron chi connectivity index (χ4n) is 1.77. The third-order valence-electron chi connectivity index (χ3n) is 3.65. The summed E-state index contributed by atoms with van der Waals surface area (Å²) in [5.74, 6) is -0.979. The number of nitrogens with zero attached hydrogens (tertiary/aromatic N) is 2. The second kappa shape index (κ2) is 7.77. The summed E-state index contributed by atoms with van der Waals surface area (Å²) in [5.41, 5.74) is 1.22. The lowest BCUT2D eigenvalue weighted by Crippen LogP contribution is -2.28. The number of halogens is 1. The molecule has 0 saturated carbocycles. The van der Waals surface area contributed by atoms with E-state index >= 15 is 0 Å². The molecule has 2 N–H and O–H groups in total. The van der Waals surface area contributed by atoms with Crippen molar-refractivity contribution in [3.8, 4) is 0 Å². The SMILES string of the molecule is C/C(=N/N=C1\NC(=O)C(CC(=O)Nc2ccc(F)cc2)S1)C(C)(C)C. The molecule has 0 aromatic heterocycles. The Balaban J connectivity index is 1.94. The van der Waals surface area contributed by atoms with Gasteiger partial charge >= 0.3 is 0 Å². The van der Waals surface area contributed by atoms with Crippen LogP contribution in [0.3, 0.4) is 0 Å². The van der Waals surface area contributed by atoms with Gasteiger partial charge in [0.05, 0.1) is 0 Å². The molecule has 0 spiro atoms. The molecule has 1 heterocycles. The van der Waals surface area contributed by atoms with E-state index < -0.39 is 5.25 Å². The normalized spacial score (nSPS) is 19.9. The number of carbonyl (C=O) groups excluding carboxylic acids is 2. The van der Waals surface area contributed by atoms with E-state index in [1.165, 1.54) is 36.0 Å². The van der Waals surface area contributed by atoms with Gasteiger partial charge in [0, 0.05) is 23.2 Å². The van der Waals surface area contributed by atoms with Gasteiger partial charge in [0.25, 0.3) is 0 Å². The van der Waals surface area contributed by atoms with Crippen molar-refractivity contribution in [2.24, 2.45) is 15.6 Å². The summed E-state index contributed by atoms with van der Waals surface area (Å²) in [4.78, 5) is 24.0. The maximum atomic E-state index is 12.9. The van der Waals surface area contributed by atoms with Crippen LogP contribution in [0.1, 0.15) is 34.1 Å². The third kappa shape index (κ3) is 5.67. The number of benzene rings is 1. The van der Waals surface area contributed by atoms with Crippen molar-refractivity contribution in [3.05, 3.63) is 30.1 Å². The Labute approximate surface area is 150 Å². The van der Waals surface area contributed by atoms with Gasteiger partial charge in [0.1, 0.15) is 11.1 Å². The van der Waals surface area contributed by atoms with Gasteiger partial charge in [-0.25, -0.2) is 4.39 Å². The molecule has 2 amide bonds. The van der Waals surface area contributed by atoms with Crippen LogP contribution in [0, 0.1) is 11.2 Å². The van der Waals surface area contributed by atoms with E-state index in [0.717, 1.165) is 5.71 Å². The molecule has 0 bridgehead atoms. The van der Waals surface area contributed by atoms with E-state index in [-0.39, 0.29) is 29.5 Å². The quantitative estimate of drug-likeness (QED) is 0.636. The summed E-state index contributed by atoms with van der Waals surface area (Å²) in [6, 6.07) is 5.44. The van der Waals surface area contributed by atoms with Crippen LogP contribution >= 0.6 is 11.8 Å². The van der Waals surface area contributed by atoms with Crippen LogP contribution < -0.4 is 10.6 Å². The highest BCUT2D eigenvalue weighted by atomic mass is 32.2. The number of amides is 2. The van der Waals surface area contributed by atoms with Gasteiger partial charge in [-0.3, -0.25) is 9.59 Å². The number of thioether (sulfide) groups is 1. The van der Waals surface area contributed by atoms with Crippen molar-refractivity contribution < 1.29 is 14.0 Å². The highest BCUT2D eigenvalue weighted by Crippen LogP contribution is 2.24. The molecule has 134 valence electrons. The van der Waals surface area contributed by atoms with Gasteiger partial charge in [-0.05, 0) is 31.2 Å². The van der Waals surface area contributed by atoms with Crippen LogP contribution in [0.2, 0.25) is 0 Å². The van der Waals surface area contributed by atoms with Crippen molar-refractivity contribution in [2.45, 2.75) is 39.4 Å². The first-order valence-electron chi connectivity index (χ1n) is 7.81. The Bertz CT molecular complexity index is 723. The molecule has 8 heteroatoms. The van der Waals surface area contributed by atoms with E-state index in [0.29, 0.717) is 10.9 Å². The smallest absolute Gasteiger partial charge is 0.240 e. The van der Waals surface area contributed by atoms with Crippen molar-refractivity contribution in [1.82, 2.24) is 5.32 Å². The number of hydrogen-bond acceptors (Lipinski definition) is 5. The minimum absolute atomic E-state index is 0.00510. The zero-order chi connectivity index (χ0) is 18.6. The lowest BCUT2D eigenvalue weighted by molar-refractivity contribution is -0.122. The van der Waals surface area contributed by atoms with E-state index in [4.69, 9.17) is 0 Å². The van der Waals surface area contributed by atoms with Crippen LogP contribution in [0.4, 0.5) is 10.1 Å². The molecule has 1 aromatic rings. The minimum atomic E-state index is -0.565. The average Bonchev–Trinajstić information content (AvgIpc) is 2.86. The van der Waals surface area contributed by atoms with Crippen LogP contribution in [-0.4, -0.2) is 27.9 Å². The highest BCUT2D eigenvalue weighted by Gasteiger charge is 2.32. The molecule has 0 aliphatic carbocycles. The molecule has 6 nitrogen and oxygen atoms in total. The molecule has 1 aliphatic heterocycles. The number of carbonyl (C=O) groups is 2. The Morgan fingerprint density at radius 2 is 1.96 bits per heavy atom. The van der Waals surface area contributed by atoms with Gasteiger partial charge < -0.3 is 10.6 Å². The van der Waals surface area contributed by atoms with Crippen LogP contribution in [-0.2, 0) is 9.59 Å². The van der Waals surface area contributed by atoms with Crippen LogP contribution in [0.25, 0.3) is 0 Å². The molecule has 2 rings (SSSR count). The molecular formula is C17H21FN4O2S. The molecule has 1 fully saturated rings. The van der Waals surface area contributed by atoms with E-state index in [9.17, 15) is 14.0 Å². The second-order valence-corrected chi connectivity index (χ2v) is 7.89. The number of rotatable bonds is 4. The summed E-state index contributed by atoms with van der Waals surface area (Å²) in [5, 5.41) is 13.3. The molecule has 1 aliphatic rings. The fourth-order valence-corrected chi connectivity index (χ4v) is 2.69. The Morgan fingerprint density at radius 3 is 2.56 bits per heavy atom. The lowest BCUT2D eigenvalue weighted by Gasteiger charge is -2.16. The zero-order valence-electron chi connectivity index (χ0n) is 14.6. The first-order chi connectivity index (χ1) is 11.6. The number of amidine groups is 1. The third-order valence-corrected chi connectivity index (χ3v) is 4.72. The fraction of sp³-hybridized carbons (Fsp3) is 0.412. The van der Waals surface area contributed by atoms with Gasteiger partial charge in [0.15, 0.2) is 5.17 Å². The molecule has 1 saturated heterocycles. The lowest BCUT2D eigenvalue weighted by atomic mass is 9.91. The van der Waals surface area contributed by atoms with Crippen molar-refractivity contribution in [3.63, 3.8) is 0 Å². The summed E-state index contributed by atoms with van der Waals surface area (Å²) in [6.07, 6.45) is -0.00510. The number of hydrogen-bond donors (Lipinski definition) is 2. The maximum Gasteiger partial charge on any atom is 0.240 e. The minimum Gasteiger partial charge on any atom is -0.326 e. The van der Waals surface area contributed by atoms with Gasteiger partial charge in [-0.2, -0.15) is 5.10 Å². The Kier molecular flexibility index (Phi) is 5.94. The average molecular weight is 364 g/mol. The predicted molar refractivity (Wildman–Crippen MR) is 99.2 cm³/mol. The topological polar surface area (TPSA) is 82.9 Å². The first kappa shape index (κ1) is 19.1. The van der Waals surface area contributed by atoms with Gasteiger partial charge in [-0.1, -0.05) is 32.5 Å².